The van der Waals surface area contributed by atoms with Gasteiger partial charge in [0.1, 0.15) is 5.82 Å². The highest BCUT2D eigenvalue weighted by molar-refractivity contribution is 7.89. The van der Waals surface area contributed by atoms with E-state index in [9.17, 15) is 17.6 Å². The third-order valence-corrected chi connectivity index (χ3v) is 3.74. The summed E-state index contributed by atoms with van der Waals surface area (Å²) in [4.78, 5) is 10.6. The third-order valence-electron chi connectivity index (χ3n) is 2.27. The average Bonchev–Trinajstić information content (AvgIpc) is 2.30. The van der Waals surface area contributed by atoms with Crippen molar-refractivity contribution in [2.75, 3.05) is 24.2 Å². The topological polar surface area (TPSA) is 95.5 Å². The van der Waals surface area contributed by atoms with Crippen molar-refractivity contribution in [2.24, 2.45) is 0 Å². The van der Waals surface area contributed by atoms with Gasteiger partial charge in [-0.1, -0.05) is 6.92 Å². The fraction of sp³-hybridized carbons (Fsp3) is 0.364. The summed E-state index contributed by atoms with van der Waals surface area (Å²) in [6.07, 6.45) is 0. The van der Waals surface area contributed by atoms with E-state index < -0.39 is 21.8 Å². The number of anilines is 1. The Morgan fingerprint density at radius 1 is 1.42 bits per heavy atom. The molecule has 0 heterocycles. The van der Waals surface area contributed by atoms with E-state index in [1.807, 2.05) is 0 Å². The Kier molecular flexibility index (Phi) is 5.25. The number of halogens is 1. The fourth-order valence-electron chi connectivity index (χ4n) is 1.40. The van der Waals surface area contributed by atoms with Gasteiger partial charge in [0.25, 0.3) is 0 Å². The van der Waals surface area contributed by atoms with Crippen molar-refractivity contribution in [3.63, 3.8) is 0 Å². The highest BCUT2D eigenvalue weighted by Crippen LogP contribution is 2.15. The molecule has 0 atom stereocenters. The van der Waals surface area contributed by atoms with E-state index in [1.165, 1.54) is 12.1 Å². The lowest BCUT2D eigenvalue weighted by atomic mass is 10.2. The van der Waals surface area contributed by atoms with E-state index in [0.29, 0.717) is 6.54 Å². The number of hydrogen-bond acceptors (Lipinski definition) is 4. The summed E-state index contributed by atoms with van der Waals surface area (Å²) >= 11 is 0. The van der Waals surface area contributed by atoms with Crippen molar-refractivity contribution in [1.29, 1.82) is 0 Å². The molecular weight excluding hydrogens is 275 g/mol. The first-order valence-corrected chi connectivity index (χ1v) is 7.25. The Balaban J connectivity index is 2.62. The lowest BCUT2D eigenvalue weighted by Crippen LogP contribution is -2.29. The first kappa shape index (κ1) is 15.4. The summed E-state index contributed by atoms with van der Waals surface area (Å²) in [5.41, 5.74) is -0.0972. The predicted octanol–water partition coefficient (Wildman–Crippen LogP) is 0.875. The molecule has 1 aromatic rings. The number of aromatic carboxylic acids is 1. The standard InChI is InChI=1S/C11H15FN2O4S/c1-2-14-19(17,18)6-5-13-10-4-3-8(11(15)16)7-9(10)12/h3-4,7,13-14H,2,5-6H2,1H3,(H,15,16). The molecule has 0 aliphatic rings. The van der Waals surface area contributed by atoms with Gasteiger partial charge in [-0.25, -0.2) is 22.3 Å². The lowest BCUT2D eigenvalue weighted by Gasteiger charge is -2.09. The fourth-order valence-corrected chi connectivity index (χ4v) is 2.36. The van der Waals surface area contributed by atoms with Crippen LogP contribution in [0, 0.1) is 5.82 Å². The Morgan fingerprint density at radius 2 is 2.11 bits per heavy atom. The van der Waals surface area contributed by atoms with Gasteiger partial charge in [0.15, 0.2) is 0 Å². The van der Waals surface area contributed by atoms with Crippen LogP contribution in [-0.2, 0) is 10.0 Å². The highest BCUT2D eigenvalue weighted by atomic mass is 32.2. The molecule has 6 nitrogen and oxygen atoms in total. The van der Waals surface area contributed by atoms with Crippen molar-refractivity contribution < 1.29 is 22.7 Å². The maximum Gasteiger partial charge on any atom is 0.335 e. The number of hydrogen-bond donors (Lipinski definition) is 3. The third kappa shape index (κ3) is 4.84. The van der Waals surface area contributed by atoms with E-state index in [2.05, 4.69) is 10.0 Å². The van der Waals surface area contributed by atoms with Crippen LogP contribution >= 0.6 is 0 Å². The molecule has 3 N–H and O–H groups in total. The van der Waals surface area contributed by atoms with Gasteiger partial charge in [-0.3, -0.25) is 0 Å². The normalized spacial score (nSPS) is 11.3. The van der Waals surface area contributed by atoms with Crippen LogP contribution in [0.1, 0.15) is 17.3 Å². The summed E-state index contributed by atoms with van der Waals surface area (Å²) < 4.78 is 38.4. The zero-order chi connectivity index (χ0) is 14.5. The second-order valence-electron chi connectivity index (χ2n) is 3.74. The number of carboxylic acid groups (broad SMARTS) is 1. The minimum Gasteiger partial charge on any atom is -0.478 e. The SMILES string of the molecule is CCNS(=O)(=O)CCNc1ccc(C(=O)O)cc1F. The second-order valence-corrected chi connectivity index (χ2v) is 5.67. The van der Waals surface area contributed by atoms with Crippen LogP contribution in [0.25, 0.3) is 0 Å². The van der Waals surface area contributed by atoms with Crippen molar-refractivity contribution in [3.8, 4) is 0 Å². The van der Waals surface area contributed by atoms with Crippen molar-refractivity contribution >= 4 is 21.7 Å². The number of nitrogens with one attached hydrogen (secondary N) is 2. The molecule has 0 saturated heterocycles. The summed E-state index contributed by atoms with van der Waals surface area (Å²) in [6, 6.07) is 3.38. The largest absolute Gasteiger partial charge is 0.478 e. The summed E-state index contributed by atoms with van der Waals surface area (Å²) in [6.45, 7) is 1.98. The Hall–Kier alpha value is -1.67. The van der Waals surface area contributed by atoms with Gasteiger partial charge in [-0.2, -0.15) is 0 Å². The number of carboxylic acids is 1. The zero-order valence-corrected chi connectivity index (χ0v) is 11.1. The average molecular weight is 290 g/mol. The van der Waals surface area contributed by atoms with Gasteiger partial charge in [-0.15, -0.1) is 0 Å². The second kappa shape index (κ2) is 6.48. The summed E-state index contributed by atoms with van der Waals surface area (Å²) in [5, 5.41) is 11.3. The molecule has 1 rings (SSSR count). The van der Waals surface area contributed by atoms with Gasteiger partial charge in [0.2, 0.25) is 10.0 Å². The van der Waals surface area contributed by atoms with Crippen molar-refractivity contribution in [1.82, 2.24) is 4.72 Å². The first-order valence-electron chi connectivity index (χ1n) is 5.60. The molecule has 106 valence electrons. The van der Waals surface area contributed by atoms with Crippen LogP contribution < -0.4 is 10.0 Å². The van der Waals surface area contributed by atoms with E-state index in [0.717, 1.165) is 6.07 Å². The summed E-state index contributed by atoms with van der Waals surface area (Å²) in [5.74, 6) is -2.15. The highest BCUT2D eigenvalue weighted by Gasteiger charge is 2.10. The predicted molar refractivity (Wildman–Crippen MR) is 69.3 cm³/mol. The maximum absolute atomic E-state index is 13.5. The van der Waals surface area contributed by atoms with Crippen LogP contribution in [0.4, 0.5) is 10.1 Å². The molecule has 0 saturated carbocycles. The molecule has 0 fully saturated rings. The number of benzene rings is 1. The smallest absolute Gasteiger partial charge is 0.335 e. The molecule has 19 heavy (non-hydrogen) atoms. The molecule has 1 aromatic carbocycles. The van der Waals surface area contributed by atoms with Gasteiger partial charge >= 0.3 is 5.97 Å². The Bertz CT molecular complexity index is 560. The van der Waals surface area contributed by atoms with Crippen LogP contribution in [0.5, 0.6) is 0 Å². The number of rotatable bonds is 7. The van der Waals surface area contributed by atoms with E-state index in [-0.39, 0.29) is 23.5 Å². The zero-order valence-electron chi connectivity index (χ0n) is 10.3. The van der Waals surface area contributed by atoms with Gasteiger partial charge in [0, 0.05) is 13.1 Å². The summed E-state index contributed by atoms with van der Waals surface area (Å²) in [7, 11) is -3.37. The van der Waals surface area contributed by atoms with Crippen LogP contribution in [0.2, 0.25) is 0 Å². The van der Waals surface area contributed by atoms with Gasteiger partial charge < -0.3 is 10.4 Å². The lowest BCUT2D eigenvalue weighted by molar-refractivity contribution is 0.0696. The molecule has 0 aromatic heterocycles. The quantitative estimate of drug-likeness (QED) is 0.692. The maximum atomic E-state index is 13.5. The van der Waals surface area contributed by atoms with E-state index in [4.69, 9.17) is 5.11 Å². The van der Waals surface area contributed by atoms with Gasteiger partial charge in [0.05, 0.1) is 17.0 Å². The number of carbonyl (C=O) groups is 1. The molecule has 8 heteroatoms. The molecule has 0 aliphatic carbocycles. The van der Waals surface area contributed by atoms with Crippen LogP contribution in [0.3, 0.4) is 0 Å². The van der Waals surface area contributed by atoms with Gasteiger partial charge in [-0.05, 0) is 18.2 Å². The number of sulfonamides is 1. The molecule has 0 spiro atoms. The van der Waals surface area contributed by atoms with Crippen LogP contribution in [0.15, 0.2) is 18.2 Å². The molecule has 0 unspecified atom stereocenters. The van der Waals surface area contributed by atoms with E-state index in [1.54, 1.807) is 6.92 Å². The van der Waals surface area contributed by atoms with Crippen molar-refractivity contribution in [2.45, 2.75) is 6.92 Å². The minimum atomic E-state index is -3.37. The molecule has 0 aliphatic heterocycles. The molecule has 0 radical (unpaired) electrons. The minimum absolute atomic E-state index is 0.0265. The van der Waals surface area contributed by atoms with Crippen molar-refractivity contribution in [3.05, 3.63) is 29.6 Å². The Labute approximate surface area is 110 Å². The monoisotopic (exact) mass is 290 g/mol. The first-order chi connectivity index (χ1) is 8.85. The van der Waals surface area contributed by atoms with Crippen LogP contribution in [-0.4, -0.2) is 38.3 Å². The molecule has 0 amide bonds. The Morgan fingerprint density at radius 3 is 2.63 bits per heavy atom. The molecular formula is C11H15FN2O4S. The van der Waals surface area contributed by atoms with E-state index >= 15 is 0 Å². The molecule has 0 bridgehead atoms.